The fourth-order valence-corrected chi connectivity index (χ4v) is 5.91. The van der Waals surface area contributed by atoms with Crippen LogP contribution in [0.2, 0.25) is 0 Å². The van der Waals surface area contributed by atoms with E-state index in [1.807, 2.05) is 24.3 Å². The van der Waals surface area contributed by atoms with Crippen molar-refractivity contribution in [3.05, 3.63) is 75.7 Å². The second-order valence-electron chi connectivity index (χ2n) is 11.3. The number of hydrogen-bond acceptors (Lipinski definition) is 10. The first-order valence-corrected chi connectivity index (χ1v) is 15.6. The van der Waals surface area contributed by atoms with Crippen molar-refractivity contribution in [2.75, 3.05) is 45.6 Å². The number of aromatic amines is 1. The van der Waals surface area contributed by atoms with Crippen LogP contribution in [0.3, 0.4) is 0 Å². The molecule has 4 N–H and O–H groups in total. The smallest absolute Gasteiger partial charge is 0.224 e. The molecule has 0 radical (unpaired) electrons. The Morgan fingerprint density at radius 3 is 2.54 bits per heavy atom. The van der Waals surface area contributed by atoms with Crippen molar-refractivity contribution < 1.29 is 28.5 Å². The second kappa shape index (κ2) is 15.4. The van der Waals surface area contributed by atoms with Gasteiger partial charge in [0.05, 0.1) is 33.1 Å². The van der Waals surface area contributed by atoms with Crippen LogP contribution in [-0.4, -0.2) is 62.0 Å². The van der Waals surface area contributed by atoms with Crippen LogP contribution in [0.15, 0.2) is 53.3 Å². The minimum atomic E-state index is -0.405. The number of ether oxygens (including phenoxy) is 4. The summed E-state index contributed by atoms with van der Waals surface area (Å²) < 4.78 is 22.2. The van der Waals surface area contributed by atoms with Gasteiger partial charge < -0.3 is 34.9 Å². The van der Waals surface area contributed by atoms with Gasteiger partial charge in [0.2, 0.25) is 23.0 Å². The van der Waals surface area contributed by atoms with E-state index in [-0.39, 0.29) is 23.7 Å². The van der Waals surface area contributed by atoms with Crippen molar-refractivity contribution in [2.45, 2.75) is 45.3 Å². The molecule has 0 saturated heterocycles. The number of aromatic nitrogens is 3. The van der Waals surface area contributed by atoms with E-state index in [1.165, 1.54) is 6.92 Å². The molecule has 4 aromatic rings. The van der Waals surface area contributed by atoms with Crippen molar-refractivity contribution in [3.63, 3.8) is 0 Å². The molecule has 13 nitrogen and oxygen atoms in total. The highest BCUT2D eigenvalue weighted by Gasteiger charge is 2.29. The number of nitrogens with zero attached hydrogens (tertiary/aromatic N) is 2. The van der Waals surface area contributed by atoms with Crippen molar-refractivity contribution in [3.8, 4) is 39.8 Å². The van der Waals surface area contributed by atoms with Crippen LogP contribution in [0.5, 0.6) is 17.2 Å². The molecule has 0 aliphatic heterocycles. The molecule has 3 aromatic carbocycles. The number of carbonyl (C=O) groups is 2. The summed E-state index contributed by atoms with van der Waals surface area (Å²) in [6.07, 6.45) is 1.88. The number of hydrogen-bond donors (Lipinski definition) is 4. The first-order valence-electron chi connectivity index (χ1n) is 15.6. The average molecular weight is 657 g/mol. The molecule has 1 heterocycles. The zero-order valence-electron chi connectivity index (χ0n) is 27.7. The Hall–Kier alpha value is -5.43. The number of benzene rings is 2. The molecule has 1 aliphatic rings. The van der Waals surface area contributed by atoms with Crippen molar-refractivity contribution >= 4 is 23.2 Å². The molecule has 252 valence electrons. The fraction of sp³-hybridized carbons (Fsp3) is 0.343. The van der Waals surface area contributed by atoms with Gasteiger partial charge in [0.15, 0.2) is 23.1 Å². The Labute approximate surface area is 278 Å². The van der Waals surface area contributed by atoms with E-state index in [0.717, 1.165) is 22.3 Å². The number of nitrogens with one attached hydrogen (secondary N) is 4. The normalized spacial score (nSPS) is 13.4. The number of aryl methyl sites for hydroxylation is 1. The molecule has 0 unspecified atom stereocenters. The summed E-state index contributed by atoms with van der Waals surface area (Å²) in [5, 5.41) is 16.2. The predicted molar refractivity (Wildman–Crippen MR) is 182 cm³/mol. The molecule has 1 aromatic heterocycles. The molecule has 13 heteroatoms. The molecule has 0 bridgehead atoms. The number of methoxy groups -OCH3 is 4. The Morgan fingerprint density at radius 1 is 1.00 bits per heavy atom. The highest BCUT2D eigenvalue weighted by atomic mass is 16.5. The molecule has 0 spiro atoms. The van der Waals surface area contributed by atoms with Crippen LogP contribution >= 0.6 is 0 Å². The lowest BCUT2D eigenvalue weighted by atomic mass is 9.95. The van der Waals surface area contributed by atoms with Gasteiger partial charge in [-0.25, -0.2) is 4.98 Å². The minimum absolute atomic E-state index is 0.164. The Balaban J connectivity index is 1.32. The van der Waals surface area contributed by atoms with Crippen molar-refractivity contribution in [2.24, 2.45) is 0 Å². The van der Waals surface area contributed by atoms with Gasteiger partial charge in [-0.2, -0.15) is 5.10 Å². The first kappa shape index (κ1) is 33.9. The number of anilines is 2. The third kappa shape index (κ3) is 7.58. The van der Waals surface area contributed by atoms with Gasteiger partial charge in [-0.3, -0.25) is 19.5 Å². The Bertz CT molecular complexity index is 1860. The zero-order chi connectivity index (χ0) is 34.2. The van der Waals surface area contributed by atoms with E-state index in [2.05, 4.69) is 31.1 Å². The van der Waals surface area contributed by atoms with Crippen LogP contribution in [0.4, 0.5) is 11.4 Å². The van der Waals surface area contributed by atoms with Crippen molar-refractivity contribution in [1.29, 1.82) is 0 Å². The first-order chi connectivity index (χ1) is 23.3. The van der Waals surface area contributed by atoms with Gasteiger partial charge in [-0.1, -0.05) is 18.2 Å². The molecule has 1 atom stereocenters. The Kier molecular flexibility index (Phi) is 10.9. The Morgan fingerprint density at radius 2 is 1.81 bits per heavy atom. The van der Waals surface area contributed by atoms with Gasteiger partial charge in [0, 0.05) is 43.8 Å². The summed E-state index contributed by atoms with van der Waals surface area (Å²) in [7, 11) is 6.25. The second-order valence-corrected chi connectivity index (χ2v) is 11.3. The number of H-pyrrole nitrogens is 1. The maximum Gasteiger partial charge on any atom is 0.224 e. The van der Waals surface area contributed by atoms with Gasteiger partial charge in [0.25, 0.3) is 0 Å². The summed E-state index contributed by atoms with van der Waals surface area (Å²) in [5.74, 6) is 2.21. The molecule has 1 aliphatic carbocycles. The van der Waals surface area contributed by atoms with Crippen LogP contribution < -0.4 is 35.6 Å². The van der Waals surface area contributed by atoms with Gasteiger partial charge in [0.1, 0.15) is 6.61 Å². The lowest BCUT2D eigenvalue weighted by Gasteiger charge is -2.19. The van der Waals surface area contributed by atoms with E-state index < -0.39 is 6.04 Å². The highest BCUT2D eigenvalue weighted by molar-refractivity contribution is 5.91. The molecule has 48 heavy (non-hydrogen) atoms. The van der Waals surface area contributed by atoms with Crippen LogP contribution in [0.25, 0.3) is 22.5 Å². The maximum absolute atomic E-state index is 13.5. The molecule has 0 fully saturated rings. The number of carbonyl (C=O) groups excluding carboxylic acids is 2. The number of fused-ring (bicyclic) bond motifs is 3. The average Bonchev–Trinajstić information content (AvgIpc) is 3.42. The molecule has 0 saturated carbocycles. The topological polar surface area (TPSA) is 166 Å². The van der Waals surface area contributed by atoms with Crippen molar-refractivity contribution in [1.82, 2.24) is 20.5 Å². The van der Waals surface area contributed by atoms with Gasteiger partial charge in [-0.05, 0) is 66.3 Å². The van der Waals surface area contributed by atoms with E-state index >= 15 is 0 Å². The van der Waals surface area contributed by atoms with Crippen LogP contribution in [0, 0.1) is 0 Å². The quantitative estimate of drug-likeness (QED) is 0.149. The highest BCUT2D eigenvalue weighted by Crippen LogP contribution is 2.50. The summed E-state index contributed by atoms with van der Waals surface area (Å²) in [4.78, 5) is 42.9. The fourth-order valence-electron chi connectivity index (χ4n) is 5.91. The largest absolute Gasteiger partial charge is 0.493 e. The molecule has 2 amide bonds. The number of amides is 2. The summed E-state index contributed by atoms with van der Waals surface area (Å²) in [6.45, 7) is 2.16. The molecular weight excluding hydrogens is 616 g/mol. The zero-order valence-corrected chi connectivity index (χ0v) is 27.7. The lowest BCUT2D eigenvalue weighted by Crippen LogP contribution is -2.26. The minimum Gasteiger partial charge on any atom is -0.493 e. The van der Waals surface area contributed by atoms with E-state index in [1.54, 1.807) is 52.7 Å². The monoisotopic (exact) mass is 656 g/mol. The third-order valence-electron chi connectivity index (χ3n) is 8.03. The standard InChI is InChI=1S/C35H40N6O7/c1-20(42)37-26-13-11-21-17-29(46-3)33(47-4)34(48-5)32(21)24-12-14-27(28(43)18-25(24)26)36-15-7-10-31(44)38-23-9-6-8-22(16-23)35-39-30(19-45-2)40-41-35/h6,8-9,12,14,16-18,26H,7,10-11,13,15,19H2,1-5H3,(H,36,43)(H,37,42)(H,38,44)(H,39,40,41)/t26-/m1/s1. The lowest BCUT2D eigenvalue weighted by molar-refractivity contribution is -0.119. The summed E-state index contributed by atoms with van der Waals surface area (Å²) in [6, 6.07) is 13.9. The van der Waals surface area contributed by atoms with Crippen LogP contribution in [-0.2, 0) is 27.4 Å². The SMILES string of the molecule is COCc1nc(-c2cccc(NC(=O)CCCNc3ccc4c(cc3=O)[C@H](NC(C)=O)CCc3cc(OC)c(OC)c(OC)c3-4)c2)n[nH]1. The van der Waals surface area contributed by atoms with E-state index in [0.29, 0.717) is 78.2 Å². The maximum atomic E-state index is 13.5. The predicted octanol–water partition coefficient (Wildman–Crippen LogP) is 4.63. The molecule has 5 rings (SSSR count). The molecular formula is C35H40N6O7. The van der Waals surface area contributed by atoms with Gasteiger partial charge in [-0.15, -0.1) is 0 Å². The van der Waals surface area contributed by atoms with E-state index in [4.69, 9.17) is 18.9 Å². The summed E-state index contributed by atoms with van der Waals surface area (Å²) >= 11 is 0. The van der Waals surface area contributed by atoms with Gasteiger partial charge >= 0.3 is 0 Å². The van der Waals surface area contributed by atoms with E-state index in [9.17, 15) is 14.4 Å². The van der Waals surface area contributed by atoms with Crippen LogP contribution in [0.1, 0.15) is 49.2 Å². The summed E-state index contributed by atoms with van der Waals surface area (Å²) in [5.41, 5.74) is 4.65. The third-order valence-corrected chi connectivity index (χ3v) is 8.03. The number of rotatable bonds is 13.